The lowest BCUT2D eigenvalue weighted by molar-refractivity contribution is 0.300. The van der Waals surface area contributed by atoms with Crippen LogP contribution in [-0.2, 0) is 6.61 Å². The summed E-state index contributed by atoms with van der Waals surface area (Å²) in [7, 11) is 0. The summed E-state index contributed by atoms with van der Waals surface area (Å²) in [6.45, 7) is 0.442. The molecule has 0 amide bonds. The third kappa shape index (κ3) is 3.99. The van der Waals surface area contributed by atoms with Gasteiger partial charge in [0, 0.05) is 16.1 Å². The van der Waals surface area contributed by atoms with E-state index in [1.807, 2.05) is 12.1 Å². The van der Waals surface area contributed by atoms with Crippen LogP contribution >= 0.6 is 11.6 Å². The first-order valence-corrected chi connectivity index (χ1v) is 6.42. The summed E-state index contributed by atoms with van der Waals surface area (Å²) in [5.74, 6) is 5.93. The van der Waals surface area contributed by atoms with E-state index in [4.69, 9.17) is 22.1 Å². The molecule has 0 aromatic heterocycles. The second-order valence-electron chi connectivity index (χ2n) is 4.06. The van der Waals surface area contributed by atoms with E-state index in [-0.39, 0.29) is 12.4 Å². The molecule has 0 saturated carbocycles. The smallest absolute Gasteiger partial charge is 0.131 e. The van der Waals surface area contributed by atoms with E-state index in [0.29, 0.717) is 22.9 Å². The number of ether oxygens (including phenoxy) is 1. The van der Waals surface area contributed by atoms with E-state index in [9.17, 15) is 4.39 Å². The lowest BCUT2D eigenvalue weighted by Crippen LogP contribution is -1.98. The molecule has 20 heavy (non-hydrogen) atoms. The summed E-state index contributed by atoms with van der Waals surface area (Å²) in [5, 5.41) is 0.366. The third-order valence-electron chi connectivity index (χ3n) is 2.58. The Kier molecular flexibility index (Phi) is 5.00. The van der Waals surface area contributed by atoms with Crippen LogP contribution in [0.3, 0.4) is 0 Å². The number of nitrogens with two attached hydrogens (primary N) is 1. The number of benzene rings is 2. The molecule has 2 N–H and O–H groups in total. The highest BCUT2D eigenvalue weighted by molar-refractivity contribution is 6.30. The number of rotatable bonds is 3. The Hall–Kier alpha value is -2.02. The molecule has 2 aromatic carbocycles. The molecule has 0 aliphatic rings. The average molecular weight is 290 g/mol. The van der Waals surface area contributed by atoms with Gasteiger partial charge in [-0.1, -0.05) is 35.6 Å². The van der Waals surface area contributed by atoms with Gasteiger partial charge in [-0.25, -0.2) is 4.39 Å². The van der Waals surface area contributed by atoms with Crippen molar-refractivity contribution < 1.29 is 9.13 Å². The predicted octanol–water partition coefficient (Wildman–Crippen LogP) is 3.37. The van der Waals surface area contributed by atoms with Crippen LogP contribution in [0.4, 0.5) is 4.39 Å². The van der Waals surface area contributed by atoms with Crippen molar-refractivity contribution in [1.82, 2.24) is 0 Å². The normalized spacial score (nSPS) is 9.75. The monoisotopic (exact) mass is 289 g/mol. The van der Waals surface area contributed by atoms with Crippen LogP contribution in [0.15, 0.2) is 42.5 Å². The quantitative estimate of drug-likeness (QED) is 0.879. The van der Waals surface area contributed by atoms with Crippen LogP contribution < -0.4 is 10.5 Å². The van der Waals surface area contributed by atoms with Crippen LogP contribution in [0, 0.1) is 17.7 Å². The molecule has 0 unspecified atom stereocenters. The summed E-state index contributed by atoms with van der Waals surface area (Å²) in [6.07, 6.45) is 0. The zero-order valence-corrected chi connectivity index (χ0v) is 11.5. The van der Waals surface area contributed by atoms with Crippen molar-refractivity contribution in [2.75, 3.05) is 6.54 Å². The Morgan fingerprint density at radius 2 is 2.05 bits per heavy atom. The molecular formula is C16H13ClFNO. The minimum absolute atomic E-state index is 0.136. The zero-order chi connectivity index (χ0) is 14.4. The van der Waals surface area contributed by atoms with Crippen molar-refractivity contribution in [2.24, 2.45) is 5.73 Å². The molecule has 2 rings (SSSR count). The fourth-order valence-corrected chi connectivity index (χ4v) is 1.78. The predicted molar refractivity (Wildman–Crippen MR) is 78.1 cm³/mol. The highest BCUT2D eigenvalue weighted by Gasteiger charge is 2.04. The van der Waals surface area contributed by atoms with E-state index in [2.05, 4.69) is 11.8 Å². The van der Waals surface area contributed by atoms with Gasteiger partial charge in [-0.3, -0.25) is 0 Å². The van der Waals surface area contributed by atoms with Crippen molar-refractivity contribution in [3.8, 4) is 17.6 Å². The Morgan fingerprint density at radius 1 is 1.20 bits per heavy atom. The van der Waals surface area contributed by atoms with E-state index >= 15 is 0 Å². The molecule has 0 atom stereocenters. The molecule has 2 nitrogen and oxygen atoms in total. The van der Waals surface area contributed by atoms with Gasteiger partial charge < -0.3 is 10.5 Å². The van der Waals surface area contributed by atoms with Crippen LogP contribution in [-0.4, -0.2) is 6.54 Å². The van der Waals surface area contributed by atoms with Crippen molar-refractivity contribution in [1.29, 1.82) is 0 Å². The van der Waals surface area contributed by atoms with Gasteiger partial charge in [0.2, 0.25) is 0 Å². The average Bonchev–Trinajstić information content (AvgIpc) is 2.45. The topological polar surface area (TPSA) is 35.2 Å². The Balaban J connectivity index is 2.07. The maximum atomic E-state index is 13.6. The van der Waals surface area contributed by atoms with Gasteiger partial charge in [-0.2, -0.15) is 0 Å². The standard InChI is InChI=1S/C16H13ClFNO/c17-14-7-6-13(16(18)10-14)11-20-15-5-1-3-12(9-15)4-2-8-19/h1,3,5-7,9-10H,8,11,19H2. The first-order valence-electron chi connectivity index (χ1n) is 6.05. The van der Waals surface area contributed by atoms with Crippen molar-refractivity contribution in [3.63, 3.8) is 0 Å². The fourth-order valence-electron chi connectivity index (χ4n) is 1.62. The SMILES string of the molecule is NCC#Cc1cccc(OCc2ccc(Cl)cc2F)c1. The van der Waals surface area contributed by atoms with Crippen molar-refractivity contribution in [3.05, 3.63) is 64.4 Å². The minimum Gasteiger partial charge on any atom is -0.489 e. The van der Waals surface area contributed by atoms with E-state index in [1.54, 1.807) is 24.3 Å². The molecule has 0 aliphatic carbocycles. The van der Waals surface area contributed by atoms with E-state index < -0.39 is 0 Å². The van der Waals surface area contributed by atoms with Gasteiger partial charge in [0.05, 0.1) is 6.54 Å². The van der Waals surface area contributed by atoms with Crippen LogP contribution in [0.2, 0.25) is 5.02 Å². The summed E-state index contributed by atoms with van der Waals surface area (Å²) >= 11 is 5.70. The molecule has 102 valence electrons. The lowest BCUT2D eigenvalue weighted by Gasteiger charge is -2.07. The van der Waals surface area contributed by atoms with Gasteiger partial charge in [0.15, 0.2) is 0 Å². The second-order valence-corrected chi connectivity index (χ2v) is 4.49. The summed E-state index contributed by atoms with van der Waals surface area (Å²) in [4.78, 5) is 0. The first kappa shape index (κ1) is 14.4. The fraction of sp³-hybridized carbons (Fsp3) is 0.125. The van der Waals surface area contributed by atoms with Crippen molar-refractivity contribution >= 4 is 11.6 Å². The van der Waals surface area contributed by atoms with E-state index in [0.717, 1.165) is 5.56 Å². The molecule has 4 heteroatoms. The summed E-state index contributed by atoms with van der Waals surface area (Å²) < 4.78 is 19.1. The molecule has 0 bridgehead atoms. The molecule has 0 saturated heterocycles. The highest BCUT2D eigenvalue weighted by atomic mass is 35.5. The van der Waals surface area contributed by atoms with Gasteiger partial charge >= 0.3 is 0 Å². The Morgan fingerprint density at radius 3 is 2.80 bits per heavy atom. The largest absolute Gasteiger partial charge is 0.489 e. The van der Waals surface area contributed by atoms with Crippen molar-refractivity contribution in [2.45, 2.75) is 6.61 Å². The van der Waals surface area contributed by atoms with Gasteiger partial charge in [-0.05, 0) is 30.3 Å². The van der Waals surface area contributed by atoms with Crippen LogP contribution in [0.5, 0.6) is 5.75 Å². The lowest BCUT2D eigenvalue weighted by atomic mass is 10.2. The second kappa shape index (κ2) is 6.95. The maximum Gasteiger partial charge on any atom is 0.131 e. The minimum atomic E-state index is -0.378. The number of hydrogen-bond acceptors (Lipinski definition) is 2. The number of hydrogen-bond donors (Lipinski definition) is 1. The van der Waals surface area contributed by atoms with Crippen LogP contribution in [0.25, 0.3) is 0 Å². The number of halogens is 2. The van der Waals surface area contributed by atoms with Crippen LogP contribution in [0.1, 0.15) is 11.1 Å². The molecule has 0 fully saturated rings. The molecule has 0 aliphatic heterocycles. The first-order chi connectivity index (χ1) is 9.69. The molecule has 0 heterocycles. The molecule has 2 aromatic rings. The Bertz CT molecular complexity index is 661. The highest BCUT2D eigenvalue weighted by Crippen LogP contribution is 2.18. The summed E-state index contributed by atoms with van der Waals surface area (Å²) in [6, 6.07) is 11.8. The third-order valence-corrected chi connectivity index (χ3v) is 2.81. The van der Waals surface area contributed by atoms with E-state index in [1.165, 1.54) is 6.07 Å². The maximum absolute atomic E-state index is 13.6. The molecular weight excluding hydrogens is 277 g/mol. The van der Waals surface area contributed by atoms with Gasteiger partial charge in [0.1, 0.15) is 18.2 Å². The molecule has 0 spiro atoms. The van der Waals surface area contributed by atoms with Gasteiger partial charge in [0.25, 0.3) is 0 Å². The van der Waals surface area contributed by atoms with Gasteiger partial charge in [-0.15, -0.1) is 0 Å². The summed E-state index contributed by atoms with van der Waals surface area (Å²) in [5.41, 5.74) is 6.58. The molecule has 0 radical (unpaired) electrons. The Labute approximate surface area is 122 Å². The zero-order valence-electron chi connectivity index (χ0n) is 10.7.